The van der Waals surface area contributed by atoms with E-state index in [1.54, 1.807) is 0 Å². The van der Waals surface area contributed by atoms with Crippen molar-refractivity contribution in [1.82, 2.24) is 4.98 Å². The predicted molar refractivity (Wildman–Crippen MR) is 59.1 cm³/mol. The van der Waals surface area contributed by atoms with Crippen LogP contribution in [-0.2, 0) is 10.2 Å². The number of hydrogen-bond donors (Lipinski definition) is 0. The highest BCUT2D eigenvalue weighted by atomic mass is 16.5. The minimum absolute atomic E-state index is 0.144. The van der Waals surface area contributed by atoms with E-state index in [4.69, 9.17) is 4.74 Å². The lowest BCUT2D eigenvalue weighted by Crippen LogP contribution is -2.37. The van der Waals surface area contributed by atoms with Crippen LogP contribution in [0.15, 0.2) is 12.1 Å². The number of likely N-dealkylation sites (N-methyl/N-ethyl adjacent to an activating group) is 1. The molecule has 2 aliphatic heterocycles. The first-order valence-electron chi connectivity index (χ1n) is 5.45. The number of ether oxygens (including phenoxy) is 1. The molecule has 1 fully saturated rings. The maximum atomic E-state index is 5.80. The average Bonchev–Trinajstić information content (AvgIpc) is 2.66. The van der Waals surface area contributed by atoms with Crippen LogP contribution >= 0.6 is 0 Å². The predicted octanol–water partition coefficient (Wildman–Crippen LogP) is 1.84. The summed E-state index contributed by atoms with van der Waals surface area (Å²) in [6.45, 7) is 5.17. The Morgan fingerprint density at radius 3 is 3.13 bits per heavy atom. The molecule has 0 aliphatic carbocycles. The van der Waals surface area contributed by atoms with E-state index in [-0.39, 0.29) is 11.6 Å². The van der Waals surface area contributed by atoms with Crippen molar-refractivity contribution < 1.29 is 4.74 Å². The molecule has 1 saturated heterocycles. The van der Waals surface area contributed by atoms with E-state index in [1.165, 1.54) is 5.56 Å². The van der Waals surface area contributed by atoms with Crippen LogP contribution in [0.4, 0.5) is 5.82 Å². The zero-order chi connectivity index (χ0) is 10.6. The van der Waals surface area contributed by atoms with E-state index in [9.17, 15) is 0 Å². The van der Waals surface area contributed by atoms with Crippen molar-refractivity contribution in [3.8, 4) is 0 Å². The number of pyridine rings is 1. The summed E-state index contributed by atoms with van der Waals surface area (Å²) in [6.07, 6.45) is 1.28. The SMILES string of the molecule is Cc1ccc2c(n1)N(C)C1OCCC21C. The highest BCUT2D eigenvalue weighted by molar-refractivity contribution is 5.59. The molecule has 0 spiro atoms. The normalized spacial score (nSPS) is 33.0. The van der Waals surface area contributed by atoms with Crippen molar-refractivity contribution in [2.24, 2.45) is 0 Å². The van der Waals surface area contributed by atoms with E-state index >= 15 is 0 Å². The molecular formula is C12H16N2O. The van der Waals surface area contributed by atoms with Crippen molar-refractivity contribution in [2.45, 2.75) is 31.9 Å². The molecule has 3 rings (SSSR count). The first kappa shape index (κ1) is 9.16. The molecular weight excluding hydrogens is 188 g/mol. The molecule has 2 unspecified atom stereocenters. The van der Waals surface area contributed by atoms with Crippen LogP contribution < -0.4 is 4.90 Å². The van der Waals surface area contributed by atoms with Gasteiger partial charge in [0.05, 0.1) is 6.61 Å². The Bertz CT molecular complexity index is 418. The molecule has 0 amide bonds. The van der Waals surface area contributed by atoms with Crippen molar-refractivity contribution in [1.29, 1.82) is 0 Å². The van der Waals surface area contributed by atoms with Gasteiger partial charge in [-0.2, -0.15) is 0 Å². The monoisotopic (exact) mass is 204 g/mol. The molecule has 3 heteroatoms. The van der Waals surface area contributed by atoms with Crippen LogP contribution in [0.2, 0.25) is 0 Å². The number of aromatic nitrogens is 1. The third-order valence-electron chi connectivity index (χ3n) is 3.76. The van der Waals surface area contributed by atoms with Crippen LogP contribution in [-0.4, -0.2) is 24.9 Å². The van der Waals surface area contributed by atoms with Gasteiger partial charge >= 0.3 is 0 Å². The molecule has 0 N–H and O–H groups in total. The van der Waals surface area contributed by atoms with E-state index in [0.29, 0.717) is 0 Å². The summed E-state index contributed by atoms with van der Waals surface area (Å²) in [5.74, 6) is 1.10. The zero-order valence-electron chi connectivity index (χ0n) is 9.45. The van der Waals surface area contributed by atoms with Gasteiger partial charge in [0.1, 0.15) is 12.0 Å². The van der Waals surface area contributed by atoms with Gasteiger partial charge in [-0.1, -0.05) is 13.0 Å². The molecule has 1 aromatic heterocycles. The maximum Gasteiger partial charge on any atom is 0.140 e. The molecule has 0 radical (unpaired) electrons. The topological polar surface area (TPSA) is 25.4 Å². The molecule has 0 aromatic carbocycles. The van der Waals surface area contributed by atoms with Crippen LogP contribution in [0, 0.1) is 6.92 Å². The molecule has 0 saturated carbocycles. The van der Waals surface area contributed by atoms with Crippen molar-refractivity contribution >= 4 is 5.82 Å². The number of fused-ring (bicyclic) bond motifs is 3. The van der Waals surface area contributed by atoms with Gasteiger partial charge in [-0.15, -0.1) is 0 Å². The van der Waals surface area contributed by atoms with Crippen LogP contribution in [0.1, 0.15) is 24.6 Å². The highest BCUT2D eigenvalue weighted by Gasteiger charge is 2.51. The van der Waals surface area contributed by atoms with Crippen molar-refractivity contribution in [3.05, 3.63) is 23.4 Å². The number of aryl methyl sites for hydroxylation is 1. The fourth-order valence-corrected chi connectivity index (χ4v) is 2.87. The van der Waals surface area contributed by atoms with E-state index in [2.05, 4.69) is 36.0 Å². The molecule has 2 atom stereocenters. The third kappa shape index (κ3) is 1.01. The first-order chi connectivity index (χ1) is 7.13. The highest BCUT2D eigenvalue weighted by Crippen LogP contribution is 2.49. The standard InChI is InChI=1S/C12H16N2O/c1-8-4-5-9-10(13-8)14(3)11-12(9,2)6-7-15-11/h4-5,11H,6-7H2,1-3H3. The van der Waals surface area contributed by atoms with Gasteiger partial charge in [-0.3, -0.25) is 0 Å². The Morgan fingerprint density at radius 1 is 1.53 bits per heavy atom. The minimum atomic E-state index is 0.144. The minimum Gasteiger partial charge on any atom is -0.357 e. The molecule has 2 aliphatic rings. The number of nitrogens with zero attached hydrogens (tertiary/aromatic N) is 2. The number of anilines is 1. The van der Waals surface area contributed by atoms with Gasteiger partial charge in [0.2, 0.25) is 0 Å². The fraction of sp³-hybridized carbons (Fsp3) is 0.583. The summed E-state index contributed by atoms with van der Waals surface area (Å²) in [5.41, 5.74) is 2.56. The van der Waals surface area contributed by atoms with E-state index in [0.717, 1.165) is 24.5 Å². The Hall–Kier alpha value is -1.09. The van der Waals surface area contributed by atoms with Crippen LogP contribution in [0.3, 0.4) is 0 Å². The second-order valence-electron chi connectivity index (χ2n) is 4.83. The quantitative estimate of drug-likeness (QED) is 0.645. The summed E-state index contributed by atoms with van der Waals surface area (Å²) < 4.78 is 5.80. The summed E-state index contributed by atoms with van der Waals surface area (Å²) in [7, 11) is 2.08. The van der Waals surface area contributed by atoms with Gasteiger partial charge in [-0.05, 0) is 19.4 Å². The third-order valence-corrected chi connectivity index (χ3v) is 3.76. The van der Waals surface area contributed by atoms with Gasteiger partial charge in [0, 0.05) is 23.7 Å². The zero-order valence-corrected chi connectivity index (χ0v) is 9.45. The second kappa shape index (κ2) is 2.73. The van der Waals surface area contributed by atoms with Gasteiger partial charge in [0.15, 0.2) is 0 Å². The lowest BCUT2D eigenvalue weighted by atomic mass is 9.82. The number of rotatable bonds is 0. The lowest BCUT2D eigenvalue weighted by molar-refractivity contribution is 0.0918. The van der Waals surface area contributed by atoms with Crippen molar-refractivity contribution in [2.75, 3.05) is 18.6 Å². The summed E-state index contributed by atoms with van der Waals surface area (Å²) in [6, 6.07) is 4.31. The van der Waals surface area contributed by atoms with Crippen molar-refractivity contribution in [3.63, 3.8) is 0 Å². The van der Waals surface area contributed by atoms with Crippen LogP contribution in [0.5, 0.6) is 0 Å². The van der Waals surface area contributed by atoms with Gasteiger partial charge in [0.25, 0.3) is 0 Å². The Kier molecular flexibility index (Phi) is 1.67. The van der Waals surface area contributed by atoms with Crippen LogP contribution in [0.25, 0.3) is 0 Å². The Balaban J connectivity index is 2.20. The second-order valence-corrected chi connectivity index (χ2v) is 4.83. The maximum absolute atomic E-state index is 5.80. The van der Waals surface area contributed by atoms with Gasteiger partial charge in [-0.25, -0.2) is 4.98 Å². The first-order valence-corrected chi connectivity index (χ1v) is 5.45. The van der Waals surface area contributed by atoms with E-state index in [1.807, 2.05) is 6.92 Å². The fourth-order valence-electron chi connectivity index (χ4n) is 2.87. The largest absolute Gasteiger partial charge is 0.357 e. The molecule has 0 bridgehead atoms. The molecule has 1 aromatic rings. The summed E-state index contributed by atoms with van der Waals surface area (Å²) >= 11 is 0. The number of hydrogen-bond acceptors (Lipinski definition) is 3. The van der Waals surface area contributed by atoms with E-state index < -0.39 is 0 Å². The smallest absolute Gasteiger partial charge is 0.140 e. The molecule has 3 heterocycles. The van der Waals surface area contributed by atoms with Gasteiger partial charge < -0.3 is 9.64 Å². The Morgan fingerprint density at radius 2 is 2.33 bits per heavy atom. The summed E-state index contributed by atoms with van der Waals surface area (Å²) in [4.78, 5) is 6.78. The Labute approximate surface area is 90.1 Å². The lowest BCUT2D eigenvalue weighted by Gasteiger charge is -2.25. The molecule has 80 valence electrons. The molecule has 15 heavy (non-hydrogen) atoms. The molecule has 3 nitrogen and oxygen atoms in total. The summed E-state index contributed by atoms with van der Waals surface area (Å²) in [5, 5.41) is 0. The average molecular weight is 204 g/mol.